The third kappa shape index (κ3) is 3.60. The number of nitrogens with zero attached hydrogens (tertiary/aromatic N) is 1. The number of carboxylic acid groups (broad SMARTS) is 1. The molecule has 4 heteroatoms. The topological polar surface area (TPSA) is 53.7 Å². The van der Waals surface area contributed by atoms with Gasteiger partial charge in [0.15, 0.2) is 0 Å². The molecule has 0 aromatic carbocycles. The predicted octanol–water partition coefficient (Wildman–Crippen LogP) is 2.91. The van der Waals surface area contributed by atoms with Gasteiger partial charge in [0.1, 0.15) is 5.76 Å². The number of hydrogen-bond donors (Lipinski definition) is 1. The maximum Gasteiger partial charge on any atom is 0.371 e. The smallest absolute Gasteiger partial charge is 0.371 e. The Morgan fingerprint density at radius 2 is 2.18 bits per heavy atom. The Morgan fingerprint density at radius 1 is 1.53 bits per heavy atom. The first-order valence-corrected chi connectivity index (χ1v) is 6.02. The average Bonchev–Trinajstić information content (AvgIpc) is 2.59. The summed E-state index contributed by atoms with van der Waals surface area (Å²) >= 11 is 0. The third-order valence-corrected chi connectivity index (χ3v) is 2.85. The van der Waals surface area contributed by atoms with E-state index in [0.717, 1.165) is 25.1 Å². The molecule has 0 aliphatic rings. The van der Waals surface area contributed by atoms with Crippen molar-refractivity contribution in [2.24, 2.45) is 0 Å². The fourth-order valence-electron chi connectivity index (χ4n) is 1.81. The summed E-state index contributed by atoms with van der Waals surface area (Å²) in [7, 11) is 0. The van der Waals surface area contributed by atoms with Crippen molar-refractivity contribution in [1.82, 2.24) is 4.90 Å². The largest absolute Gasteiger partial charge is 0.475 e. The number of rotatable bonds is 6. The molecule has 0 unspecified atom stereocenters. The maximum absolute atomic E-state index is 10.8. The Hall–Kier alpha value is -1.29. The van der Waals surface area contributed by atoms with Gasteiger partial charge in [-0.15, -0.1) is 0 Å². The van der Waals surface area contributed by atoms with E-state index in [2.05, 4.69) is 25.7 Å². The second kappa shape index (κ2) is 5.87. The molecule has 1 rings (SSSR count). The van der Waals surface area contributed by atoms with Crippen LogP contribution in [-0.4, -0.2) is 28.6 Å². The highest BCUT2D eigenvalue weighted by atomic mass is 16.4. The fourth-order valence-corrected chi connectivity index (χ4v) is 1.81. The summed E-state index contributed by atoms with van der Waals surface area (Å²) in [6.45, 7) is 9.98. The zero-order valence-electron chi connectivity index (χ0n) is 11.0. The molecular formula is C13H21NO3. The van der Waals surface area contributed by atoms with Crippen molar-refractivity contribution < 1.29 is 14.3 Å². The van der Waals surface area contributed by atoms with Gasteiger partial charge in [-0.05, 0) is 39.8 Å². The minimum Gasteiger partial charge on any atom is -0.475 e. The summed E-state index contributed by atoms with van der Waals surface area (Å²) < 4.78 is 5.21. The molecule has 1 aromatic heterocycles. The number of carboxylic acids is 1. The van der Waals surface area contributed by atoms with E-state index in [9.17, 15) is 4.79 Å². The minimum atomic E-state index is -1.01. The second-order valence-corrected chi connectivity index (χ2v) is 4.56. The normalized spacial score (nSPS) is 11.4. The van der Waals surface area contributed by atoms with Crippen molar-refractivity contribution >= 4 is 5.97 Å². The van der Waals surface area contributed by atoms with E-state index in [-0.39, 0.29) is 5.76 Å². The van der Waals surface area contributed by atoms with Crippen LogP contribution in [0.2, 0.25) is 0 Å². The van der Waals surface area contributed by atoms with Gasteiger partial charge in [-0.2, -0.15) is 0 Å². The summed E-state index contributed by atoms with van der Waals surface area (Å²) in [5.74, 6) is -0.284. The summed E-state index contributed by atoms with van der Waals surface area (Å²) in [5, 5.41) is 8.86. The van der Waals surface area contributed by atoms with Gasteiger partial charge in [-0.3, -0.25) is 4.90 Å². The SMILES string of the molecule is CCCN(Cc1cc(C(=O)O)oc1C)C(C)C. The van der Waals surface area contributed by atoms with Crippen LogP contribution in [0, 0.1) is 6.92 Å². The first-order valence-electron chi connectivity index (χ1n) is 6.02. The van der Waals surface area contributed by atoms with Crippen LogP contribution in [0.1, 0.15) is 49.1 Å². The van der Waals surface area contributed by atoms with Crippen molar-refractivity contribution in [2.45, 2.75) is 46.7 Å². The maximum atomic E-state index is 10.8. The number of aryl methyl sites for hydroxylation is 1. The van der Waals surface area contributed by atoms with Gasteiger partial charge in [0, 0.05) is 18.2 Å². The molecule has 1 N–H and O–H groups in total. The highest BCUT2D eigenvalue weighted by Crippen LogP contribution is 2.18. The van der Waals surface area contributed by atoms with E-state index in [1.165, 1.54) is 0 Å². The van der Waals surface area contributed by atoms with Gasteiger partial charge in [0.05, 0.1) is 0 Å². The molecule has 0 saturated carbocycles. The monoisotopic (exact) mass is 239 g/mol. The highest BCUT2D eigenvalue weighted by Gasteiger charge is 2.16. The minimum absolute atomic E-state index is 0.0257. The van der Waals surface area contributed by atoms with Gasteiger partial charge in [-0.25, -0.2) is 4.79 Å². The van der Waals surface area contributed by atoms with Crippen LogP contribution < -0.4 is 0 Å². The number of furan rings is 1. The van der Waals surface area contributed by atoms with E-state index in [4.69, 9.17) is 9.52 Å². The van der Waals surface area contributed by atoms with Crippen molar-refractivity contribution in [2.75, 3.05) is 6.54 Å². The van der Waals surface area contributed by atoms with Crippen LogP contribution in [0.5, 0.6) is 0 Å². The van der Waals surface area contributed by atoms with Crippen molar-refractivity contribution in [3.63, 3.8) is 0 Å². The lowest BCUT2D eigenvalue weighted by atomic mass is 10.2. The molecular weight excluding hydrogens is 218 g/mol. The zero-order chi connectivity index (χ0) is 13.0. The molecule has 0 amide bonds. The lowest BCUT2D eigenvalue weighted by molar-refractivity contribution is 0.0661. The van der Waals surface area contributed by atoms with Crippen LogP contribution in [0.15, 0.2) is 10.5 Å². The summed E-state index contributed by atoms with van der Waals surface area (Å²) in [6, 6.07) is 2.07. The molecule has 0 aliphatic carbocycles. The molecule has 1 aromatic rings. The Balaban J connectivity index is 2.82. The standard InChI is InChI=1S/C13H21NO3/c1-5-6-14(9(2)3)8-11-7-12(13(15)16)17-10(11)4/h7,9H,5-6,8H2,1-4H3,(H,15,16). The molecule has 0 fully saturated rings. The van der Waals surface area contributed by atoms with Gasteiger partial charge < -0.3 is 9.52 Å². The number of hydrogen-bond acceptors (Lipinski definition) is 3. The summed E-state index contributed by atoms with van der Waals surface area (Å²) in [4.78, 5) is 13.1. The summed E-state index contributed by atoms with van der Waals surface area (Å²) in [5.41, 5.74) is 0.963. The molecule has 0 radical (unpaired) electrons. The quantitative estimate of drug-likeness (QED) is 0.829. The number of aromatic carboxylic acids is 1. The third-order valence-electron chi connectivity index (χ3n) is 2.85. The Bertz CT molecular complexity index is 382. The van der Waals surface area contributed by atoms with Crippen LogP contribution in [0.25, 0.3) is 0 Å². The first kappa shape index (κ1) is 13.8. The van der Waals surface area contributed by atoms with Crippen molar-refractivity contribution in [1.29, 1.82) is 0 Å². The van der Waals surface area contributed by atoms with Gasteiger partial charge in [0.2, 0.25) is 5.76 Å². The van der Waals surface area contributed by atoms with E-state index in [1.807, 2.05) is 6.92 Å². The van der Waals surface area contributed by atoms with Crippen LogP contribution in [-0.2, 0) is 6.54 Å². The molecule has 17 heavy (non-hydrogen) atoms. The molecule has 4 nitrogen and oxygen atoms in total. The van der Waals surface area contributed by atoms with Crippen LogP contribution in [0.3, 0.4) is 0 Å². The lowest BCUT2D eigenvalue weighted by Gasteiger charge is -2.25. The van der Waals surface area contributed by atoms with E-state index < -0.39 is 5.97 Å². The van der Waals surface area contributed by atoms with E-state index in [1.54, 1.807) is 6.07 Å². The Labute approximate surface area is 102 Å². The number of carbonyl (C=O) groups is 1. The lowest BCUT2D eigenvalue weighted by Crippen LogP contribution is -2.31. The molecule has 0 spiro atoms. The molecule has 1 heterocycles. The molecule has 96 valence electrons. The van der Waals surface area contributed by atoms with Crippen LogP contribution in [0.4, 0.5) is 0 Å². The fraction of sp³-hybridized carbons (Fsp3) is 0.615. The Kier molecular flexibility index (Phi) is 4.75. The van der Waals surface area contributed by atoms with Gasteiger partial charge in [-0.1, -0.05) is 6.92 Å². The Morgan fingerprint density at radius 3 is 2.59 bits per heavy atom. The average molecular weight is 239 g/mol. The molecule has 0 bridgehead atoms. The second-order valence-electron chi connectivity index (χ2n) is 4.56. The van der Waals surface area contributed by atoms with Gasteiger partial charge in [0.25, 0.3) is 0 Å². The van der Waals surface area contributed by atoms with Gasteiger partial charge >= 0.3 is 5.97 Å². The van der Waals surface area contributed by atoms with E-state index in [0.29, 0.717) is 11.8 Å². The first-order chi connectivity index (χ1) is 7.95. The molecule has 0 atom stereocenters. The van der Waals surface area contributed by atoms with Crippen LogP contribution >= 0.6 is 0 Å². The summed E-state index contributed by atoms with van der Waals surface area (Å²) in [6.07, 6.45) is 1.08. The van der Waals surface area contributed by atoms with Crippen molar-refractivity contribution in [3.05, 3.63) is 23.2 Å². The molecule has 0 saturated heterocycles. The van der Waals surface area contributed by atoms with E-state index >= 15 is 0 Å². The predicted molar refractivity (Wildman–Crippen MR) is 66.2 cm³/mol. The van der Waals surface area contributed by atoms with Crippen molar-refractivity contribution in [3.8, 4) is 0 Å². The molecule has 0 aliphatic heterocycles. The zero-order valence-corrected chi connectivity index (χ0v) is 11.0. The highest BCUT2D eigenvalue weighted by molar-refractivity contribution is 5.84.